The van der Waals surface area contributed by atoms with Gasteiger partial charge in [0, 0.05) is 17.7 Å². The van der Waals surface area contributed by atoms with E-state index in [2.05, 4.69) is 5.32 Å². The lowest BCUT2D eigenvalue weighted by atomic mass is 9.80. The molecule has 1 aromatic carbocycles. The molecule has 1 aromatic rings. The Bertz CT molecular complexity index is 538. The summed E-state index contributed by atoms with van der Waals surface area (Å²) >= 11 is 0. The highest BCUT2D eigenvalue weighted by Gasteiger charge is 2.40. The number of hydrogen-bond acceptors (Lipinski definition) is 5. The van der Waals surface area contributed by atoms with Gasteiger partial charge in [0.25, 0.3) is 0 Å². The fourth-order valence-electron chi connectivity index (χ4n) is 3.21. The number of aromatic hydroxyl groups is 2. The predicted molar refractivity (Wildman–Crippen MR) is 76.2 cm³/mol. The second-order valence-corrected chi connectivity index (χ2v) is 5.58. The second kappa shape index (κ2) is 5.00. The summed E-state index contributed by atoms with van der Waals surface area (Å²) in [5.74, 6) is 0.280. The zero-order valence-electron chi connectivity index (χ0n) is 11.3. The van der Waals surface area contributed by atoms with Crippen molar-refractivity contribution in [1.82, 2.24) is 5.32 Å². The maximum absolute atomic E-state index is 10.0. The van der Waals surface area contributed by atoms with Crippen LogP contribution in [0.2, 0.25) is 0 Å². The minimum atomic E-state index is -0.619. The Hall–Kier alpha value is -1.72. The van der Waals surface area contributed by atoms with Crippen LogP contribution in [-0.2, 0) is 10.3 Å². The third-order valence-electron chi connectivity index (χ3n) is 4.33. The van der Waals surface area contributed by atoms with Crippen molar-refractivity contribution < 1.29 is 14.9 Å². The minimum Gasteiger partial charge on any atom is -0.504 e. The van der Waals surface area contributed by atoms with Crippen LogP contribution >= 0.6 is 0 Å². The molecule has 5 N–H and O–H groups in total. The van der Waals surface area contributed by atoms with Crippen LogP contribution in [-0.4, -0.2) is 29.8 Å². The van der Waals surface area contributed by atoms with Gasteiger partial charge in [-0.25, -0.2) is 0 Å². The van der Waals surface area contributed by atoms with E-state index in [4.69, 9.17) is 10.5 Å². The van der Waals surface area contributed by atoms with E-state index in [1.165, 1.54) is 6.07 Å². The average molecular weight is 276 g/mol. The van der Waals surface area contributed by atoms with E-state index in [1.54, 1.807) is 18.4 Å². The van der Waals surface area contributed by atoms with Crippen molar-refractivity contribution in [2.75, 3.05) is 19.6 Å². The van der Waals surface area contributed by atoms with Gasteiger partial charge >= 0.3 is 0 Å². The molecular formula is C15H20N2O3. The lowest BCUT2D eigenvalue weighted by Crippen LogP contribution is -2.40. The maximum Gasteiger partial charge on any atom is 0.165 e. The molecular weight excluding hydrogens is 256 g/mol. The van der Waals surface area contributed by atoms with Crippen molar-refractivity contribution in [3.05, 3.63) is 29.5 Å². The highest BCUT2D eigenvalue weighted by Crippen LogP contribution is 2.44. The predicted octanol–water partition coefficient (Wildman–Crippen LogP) is 1.25. The zero-order chi connectivity index (χ0) is 14.2. The first-order chi connectivity index (χ1) is 9.66. The van der Waals surface area contributed by atoms with Crippen molar-refractivity contribution in [3.63, 3.8) is 0 Å². The Kier molecular flexibility index (Phi) is 3.31. The van der Waals surface area contributed by atoms with Crippen molar-refractivity contribution in [3.8, 4) is 11.5 Å². The molecule has 2 aliphatic heterocycles. The van der Waals surface area contributed by atoms with Crippen LogP contribution in [0, 0.1) is 5.92 Å². The summed E-state index contributed by atoms with van der Waals surface area (Å²) in [5, 5.41) is 23.0. The second-order valence-electron chi connectivity index (χ2n) is 5.58. The van der Waals surface area contributed by atoms with Crippen LogP contribution in [0.15, 0.2) is 18.4 Å². The lowest BCUT2D eigenvalue weighted by molar-refractivity contribution is 0.00256. The minimum absolute atomic E-state index is 0.107. The third-order valence-corrected chi connectivity index (χ3v) is 4.33. The van der Waals surface area contributed by atoms with E-state index in [1.807, 2.05) is 0 Å². The number of benzene rings is 1. The van der Waals surface area contributed by atoms with Crippen LogP contribution in [0.4, 0.5) is 0 Å². The molecule has 20 heavy (non-hydrogen) atoms. The van der Waals surface area contributed by atoms with Gasteiger partial charge in [-0.3, -0.25) is 0 Å². The van der Waals surface area contributed by atoms with Gasteiger partial charge in [-0.1, -0.05) is 6.07 Å². The molecule has 1 saturated heterocycles. The van der Waals surface area contributed by atoms with Gasteiger partial charge in [0.2, 0.25) is 0 Å². The number of nitrogens with two attached hydrogens (primary N) is 1. The Morgan fingerprint density at radius 3 is 2.95 bits per heavy atom. The van der Waals surface area contributed by atoms with Gasteiger partial charge in [-0.2, -0.15) is 0 Å². The molecule has 0 aromatic heterocycles. The molecule has 3 rings (SSSR count). The number of nitrogens with one attached hydrogen (secondary N) is 1. The van der Waals surface area contributed by atoms with Gasteiger partial charge < -0.3 is 26.0 Å². The summed E-state index contributed by atoms with van der Waals surface area (Å²) in [6, 6.07) is 3.29. The van der Waals surface area contributed by atoms with Crippen molar-refractivity contribution in [1.29, 1.82) is 0 Å². The highest BCUT2D eigenvalue weighted by molar-refractivity contribution is 5.67. The average Bonchev–Trinajstić information content (AvgIpc) is 2.96. The molecule has 5 heteroatoms. The molecule has 0 spiro atoms. The Labute approximate surface area is 118 Å². The lowest BCUT2D eigenvalue weighted by Gasteiger charge is -2.38. The SMILES string of the molecule is NCC1(CC2CCNC2)OC=Cc2c1ccc(O)c2O. The fourth-order valence-corrected chi connectivity index (χ4v) is 3.21. The smallest absolute Gasteiger partial charge is 0.165 e. The Morgan fingerprint density at radius 1 is 1.40 bits per heavy atom. The van der Waals surface area contributed by atoms with E-state index < -0.39 is 5.60 Å². The maximum atomic E-state index is 10.0. The number of phenolic OH excluding ortho intramolecular Hbond substituents is 2. The molecule has 1 fully saturated rings. The third kappa shape index (κ3) is 2.03. The van der Waals surface area contributed by atoms with E-state index in [0.717, 1.165) is 31.5 Å². The number of fused-ring (bicyclic) bond motifs is 1. The van der Waals surface area contributed by atoms with Crippen molar-refractivity contribution >= 4 is 6.08 Å². The van der Waals surface area contributed by atoms with Crippen LogP contribution in [0.5, 0.6) is 11.5 Å². The number of hydrogen-bond donors (Lipinski definition) is 4. The zero-order valence-corrected chi connectivity index (χ0v) is 11.3. The molecule has 0 radical (unpaired) electrons. The van der Waals surface area contributed by atoms with E-state index >= 15 is 0 Å². The first-order valence-corrected chi connectivity index (χ1v) is 6.97. The molecule has 2 atom stereocenters. The van der Waals surface area contributed by atoms with E-state index in [-0.39, 0.29) is 11.5 Å². The summed E-state index contributed by atoms with van der Waals surface area (Å²) in [4.78, 5) is 0. The van der Waals surface area contributed by atoms with Gasteiger partial charge in [0.1, 0.15) is 5.60 Å². The number of phenols is 2. The summed E-state index contributed by atoms with van der Waals surface area (Å²) < 4.78 is 5.87. The topological polar surface area (TPSA) is 87.7 Å². The molecule has 0 bridgehead atoms. The van der Waals surface area contributed by atoms with Crippen molar-refractivity contribution in [2.45, 2.75) is 18.4 Å². The molecule has 0 saturated carbocycles. The molecule has 5 nitrogen and oxygen atoms in total. The summed E-state index contributed by atoms with van der Waals surface area (Å²) in [6.45, 7) is 2.33. The monoisotopic (exact) mass is 276 g/mol. The quantitative estimate of drug-likeness (QED) is 0.624. The molecule has 108 valence electrons. The molecule has 2 aliphatic rings. The van der Waals surface area contributed by atoms with Gasteiger partial charge in [-0.15, -0.1) is 0 Å². The van der Waals surface area contributed by atoms with Crippen LogP contribution in [0.25, 0.3) is 6.08 Å². The standard InChI is InChI=1S/C15H20N2O3/c16-9-15(7-10-3-5-17-8-10)12-1-2-13(18)14(19)11(12)4-6-20-15/h1-2,4,6,10,17-19H,3,5,7-9,16H2. The number of ether oxygens (including phenoxy) is 1. The number of rotatable bonds is 3. The highest BCUT2D eigenvalue weighted by atomic mass is 16.5. The molecule has 2 unspecified atom stereocenters. The first kappa shape index (κ1) is 13.3. The summed E-state index contributed by atoms with van der Waals surface area (Å²) in [6.07, 6.45) is 5.15. The largest absolute Gasteiger partial charge is 0.504 e. The van der Waals surface area contributed by atoms with E-state index in [0.29, 0.717) is 18.0 Å². The Morgan fingerprint density at radius 2 is 2.25 bits per heavy atom. The Balaban J connectivity index is 2.01. The van der Waals surface area contributed by atoms with Crippen LogP contribution in [0.3, 0.4) is 0 Å². The first-order valence-electron chi connectivity index (χ1n) is 6.97. The van der Waals surface area contributed by atoms with Crippen LogP contribution in [0.1, 0.15) is 24.0 Å². The van der Waals surface area contributed by atoms with Crippen LogP contribution < -0.4 is 11.1 Å². The molecule has 2 heterocycles. The summed E-state index contributed by atoms with van der Waals surface area (Å²) in [5.41, 5.74) is 6.83. The molecule has 0 aliphatic carbocycles. The summed E-state index contributed by atoms with van der Waals surface area (Å²) in [7, 11) is 0. The molecule has 0 amide bonds. The van der Waals surface area contributed by atoms with E-state index in [9.17, 15) is 10.2 Å². The van der Waals surface area contributed by atoms with Gasteiger partial charge in [0.05, 0.1) is 6.26 Å². The fraction of sp³-hybridized carbons (Fsp3) is 0.467. The van der Waals surface area contributed by atoms with Crippen molar-refractivity contribution in [2.24, 2.45) is 11.7 Å². The van der Waals surface area contributed by atoms with Gasteiger partial charge in [0.15, 0.2) is 11.5 Å². The normalized spacial score (nSPS) is 28.1. The van der Waals surface area contributed by atoms with Gasteiger partial charge in [-0.05, 0) is 44.0 Å².